The maximum atomic E-state index is 11.0. The highest BCUT2D eigenvalue weighted by molar-refractivity contribution is 7.80. The minimum atomic E-state index is -0.236. The Balaban J connectivity index is 2.68. The standard InChI is InChI=1S/C11H15N3O2S/c1-14(6-4-10(15)16-2)8-3-5-13-9(7-8)11(12)17/h3,5,7H,4,6H2,1-2H3,(H2,12,17). The fourth-order valence-electron chi connectivity index (χ4n) is 1.28. The number of thiocarbonyl (C=S) groups is 1. The fraction of sp³-hybridized carbons (Fsp3) is 0.364. The van der Waals surface area contributed by atoms with Crippen LogP contribution in [0.15, 0.2) is 18.3 Å². The molecular formula is C11H15N3O2S. The Bertz CT molecular complexity index is 423. The second kappa shape index (κ2) is 6.15. The van der Waals surface area contributed by atoms with Crippen molar-refractivity contribution in [3.63, 3.8) is 0 Å². The molecule has 0 saturated heterocycles. The van der Waals surface area contributed by atoms with Crippen LogP contribution in [-0.4, -0.2) is 36.6 Å². The molecule has 1 aromatic heterocycles. The summed E-state index contributed by atoms with van der Waals surface area (Å²) in [5.74, 6) is -0.236. The summed E-state index contributed by atoms with van der Waals surface area (Å²) in [5.41, 5.74) is 6.98. The Kier molecular flexibility index (Phi) is 4.84. The topological polar surface area (TPSA) is 68.5 Å². The van der Waals surface area contributed by atoms with Crippen LogP contribution in [0.2, 0.25) is 0 Å². The van der Waals surface area contributed by atoms with Gasteiger partial charge in [0.1, 0.15) is 4.99 Å². The summed E-state index contributed by atoms with van der Waals surface area (Å²) in [7, 11) is 3.25. The summed E-state index contributed by atoms with van der Waals surface area (Å²) in [6.07, 6.45) is 1.97. The first-order valence-corrected chi connectivity index (χ1v) is 5.49. The predicted octanol–water partition coefficient (Wildman–Crippen LogP) is 0.715. The third-order valence-electron chi connectivity index (χ3n) is 2.32. The van der Waals surface area contributed by atoms with Gasteiger partial charge in [-0.2, -0.15) is 0 Å². The first kappa shape index (κ1) is 13.4. The van der Waals surface area contributed by atoms with E-state index in [2.05, 4.69) is 9.72 Å². The average Bonchev–Trinajstić information content (AvgIpc) is 2.35. The molecule has 2 N–H and O–H groups in total. The first-order chi connectivity index (χ1) is 8.04. The summed E-state index contributed by atoms with van der Waals surface area (Å²) in [4.78, 5) is 17.2. The van der Waals surface area contributed by atoms with Crippen LogP contribution >= 0.6 is 12.2 Å². The number of pyridine rings is 1. The van der Waals surface area contributed by atoms with Gasteiger partial charge in [0.15, 0.2) is 0 Å². The van der Waals surface area contributed by atoms with Gasteiger partial charge in [-0.15, -0.1) is 0 Å². The first-order valence-electron chi connectivity index (χ1n) is 5.08. The van der Waals surface area contributed by atoms with Crippen molar-refractivity contribution >= 4 is 28.9 Å². The molecule has 0 saturated carbocycles. The number of anilines is 1. The third kappa shape index (κ3) is 3.99. The Morgan fingerprint density at radius 2 is 2.35 bits per heavy atom. The summed E-state index contributed by atoms with van der Waals surface area (Å²) in [6.45, 7) is 0.563. The van der Waals surface area contributed by atoms with E-state index in [0.717, 1.165) is 5.69 Å². The molecule has 0 spiro atoms. The SMILES string of the molecule is COC(=O)CCN(C)c1ccnc(C(N)=S)c1. The molecule has 0 aromatic carbocycles. The highest BCUT2D eigenvalue weighted by Gasteiger charge is 2.07. The van der Waals surface area contributed by atoms with Crippen molar-refractivity contribution in [2.24, 2.45) is 5.73 Å². The van der Waals surface area contributed by atoms with E-state index in [-0.39, 0.29) is 11.0 Å². The number of aromatic nitrogens is 1. The van der Waals surface area contributed by atoms with Crippen molar-refractivity contribution in [1.29, 1.82) is 0 Å². The zero-order chi connectivity index (χ0) is 12.8. The molecule has 92 valence electrons. The van der Waals surface area contributed by atoms with Gasteiger partial charge in [-0.25, -0.2) is 0 Å². The molecule has 1 aromatic rings. The van der Waals surface area contributed by atoms with Crippen molar-refractivity contribution in [2.45, 2.75) is 6.42 Å². The third-order valence-corrected chi connectivity index (χ3v) is 2.52. The van der Waals surface area contributed by atoms with Crippen molar-refractivity contribution in [1.82, 2.24) is 4.98 Å². The van der Waals surface area contributed by atoms with Crippen LogP contribution in [0.25, 0.3) is 0 Å². The van der Waals surface area contributed by atoms with Crippen LogP contribution < -0.4 is 10.6 Å². The number of nitrogens with zero attached hydrogens (tertiary/aromatic N) is 2. The molecule has 1 heterocycles. The molecule has 0 unspecified atom stereocenters. The van der Waals surface area contributed by atoms with Gasteiger partial charge in [-0.1, -0.05) is 12.2 Å². The van der Waals surface area contributed by atoms with Crippen LogP contribution in [0.5, 0.6) is 0 Å². The monoisotopic (exact) mass is 253 g/mol. The van der Waals surface area contributed by atoms with Crippen LogP contribution in [0.4, 0.5) is 5.69 Å². The van der Waals surface area contributed by atoms with Crippen LogP contribution in [0.3, 0.4) is 0 Å². The van der Waals surface area contributed by atoms with Crippen molar-refractivity contribution in [2.75, 3.05) is 25.6 Å². The largest absolute Gasteiger partial charge is 0.469 e. The minimum Gasteiger partial charge on any atom is -0.469 e. The molecule has 0 bridgehead atoms. The van der Waals surface area contributed by atoms with Gasteiger partial charge in [0.05, 0.1) is 19.2 Å². The van der Waals surface area contributed by atoms with Crippen molar-refractivity contribution in [3.8, 4) is 0 Å². The molecule has 0 aliphatic heterocycles. The number of rotatable bonds is 5. The Labute approximate surface area is 106 Å². The molecule has 17 heavy (non-hydrogen) atoms. The van der Waals surface area contributed by atoms with E-state index in [0.29, 0.717) is 18.7 Å². The maximum Gasteiger partial charge on any atom is 0.307 e. The van der Waals surface area contributed by atoms with E-state index >= 15 is 0 Å². The number of carbonyl (C=O) groups is 1. The molecule has 6 heteroatoms. The summed E-state index contributed by atoms with van der Waals surface area (Å²) >= 11 is 4.86. The predicted molar refractivity (Wildman–Crippen MR) is 70.0 cm³/mol. The van der Waals surface area contributed by atoms with Gasteiger partial charge in [0.25, 0.3) is 0 Å². The van der Waals surface area contributed by atoms with Gasteiger partial charge in [0.2, 0.25) is 0 Å². The van der Waals surface area contributed by atoms with E-state index in [1.54, 1.807) is 12.3 Å². The normalized spacial score (nSPS) is 9.76. The van der Waals surface area contributed by atoms with E-state index in [1.807, 2.05) is 18.0 Å². The number of methoxy groups -OCH3 is 1. The molecule has 5 nitrogen and oxygen atoms in total. The molecule has 0 amide bonds. The minimum absolute atomic E-state index is 0.236. The fourth-order valence-corrected chi connectivity index (χ4v) is 1.39. The Morgan fingerprint density at radius 1 is 1.65 bits per heavy atom. The lowest BCUT2D eigenvalue weighted by Gasteiger charge is -2.18. The molecule has 0 fully saturated rings. The Morgan fingerprint density at radius 3 is 2.94 bits per heavy atom. The van der Waals surface area contributed by atoms with Crippen LogP contribution in [0.1, 0.15) is 12.1 Å². The van der Waals surface area contributed by atoms with E-state index in [4.69, 9.17) is 18.0 Å². The number of hydrogen-bond donors (Lipinski definition) is 1. The van der Waals surface area contributed by atoms with Gasteiger partial charge in [-0.3, -0.25) is 9.78 Å². The van der Waals surface area contributed by atoms with Gasteiger partial charge in [-0.05, 0) is 12.1 Å². The lowest BCUT2D eigenvalue weighted by atomic mass is 10.3. The molecule has 1 rings (SSSR count). The molecule has 0 radical (unpaired) electrons. The van der Waals surface area contributed by atoms with Gasteiger partial charge < -0.3 is 15.4 Å². The lowest BCUT2D eigenvalue weighted by Crippen LogP contribution is -2.22. The summed E-state index contributed by atoms with van der Waals surface area (Å²) in [5, 5.41) is 0. The molecule has 0 atom stereocenters. The highest BCUT2D eigenvalue weighted by atomic mass is 32.1. The van der Waals surface area contributed by atoms with Crippen LogP contribution in [0, 0.1) is 0 Å². The van der Waals surface area contributed by atoms with E-state index in [1.165, 1.54) is 7.11 Å². The van der Waals surface area contributed by atoms with Crippen LogP contribution in [-0.2, 0) is 9.53 Å². The van der Waals surface area contributed by atoms with Crippen molar-refractivity contribution in [3.05, 3.63) is 24.0 Å². The van der Waals surface area contributed by atoms with E-state index < -0.39 is 0 Å². The smallest absolute Gasteiger partial charge is 0.307 e. The second-order valence-electron chi connectivity index (χ2n) is 3.51. The second-order valence-corrected chi connectivity index (χ2v) is 3.95. The zero-order valence-electron chi connectivity index (χ0n) is 9.84. The quantitative estimate of drug-likeness (QED) is 0.616. The number of esters is 1. The number of hydrogen-bond acceptors (Lipinski definition) is 5. The number of nitrogens with two attached hydrogens (primary N) is 1. The average molecular weight is 253 g/mol. The molecule has 0 aliphatic carbocycles. The number of carbonyl (C=O) groups excluding carboxylic acids is 1. The molecule has 0 aliphatic rings. The van der Waals surface area contributed by atoms with Gasteiger partial charge in [0, 0.05) is 25.5 Å². The van der Waals surface area contributed by atoms with E-state index in [9.17, 15) is 4.79 Å². The lowest BCUT2D eigenvalue weighted by molar-refractivity contribution is -0.140. The summed E-state index contributed by atoms with van der Waals surface area (Å²) in [6, 6.07) is 3.62. The van der Waals surface area contributed by atoms with Crippen molar-refractivity contribution < 1.29 is 9.53 Å². The zero-order valence-corrected chi connectivity index (χ0v) is 10.7. The highest BCUT2D eigenvalue weighted by Crippen LogP contribution is 2.13. The molecular weight excluding hydrogens is 238 g/mol. The maximum absolute atomic E-state index is 11.0. The summed E-state index contributed by atoms with van der Waals surface area (Å²) < 4.78 is 4.58. The van der Waals surface area contributed by atoms with Gasteiger partial charge >= 0.3 is 5.97 Å². The number of ether oxygens (including phenoxy) is 1. The Hall–Kier alpha value is -1.69.